The number of nitriles is 1. The van der Waals surface area contributed by atoms with Gasteiger partial charge in [0.25, 0.3) is 0 Å². The standard InChI is InChI=1S/C19H23N3O2/c20-11-18-5-6-19(24-18)13-21-12-15-3-1-2-4-16(15)14-22-9-7-17(23)8-10-22/h1-6,17,21,23H,7-10,12-14H2. The summed E-state index contributed by atoms with van der Waals surface area (Å²) in [5.74, 6) is 1.12. The third kappa shape index (κ3) is 4.45. The smallest absolute Gasteiger partial charge is 0.203 e. The molecule has 126 valence electrons. The third-order valence-electron chi connectivity index (χ3n) is 4.46. The zero-order valence-corrected chi connectivity index (χ0v) is 13.7. The van der Waals surface area contributed by atoms with Crippen molar-refractivity contribution < 1.29 is 9.52 Å². The Hall–Kier alpha value is -2.13. The summed E-state index contributed by atoms with van der Waals surface area (Å²) in [4.78, 5) is 2.40. The van der Waals surface area contributed by atoms with Gasteiger partial charge in [0.05, 0.1) is 12.6 Å². The maximum Gasteiger partial charge on any atom is 0.203 e. The van der Waals surface area contributed by atoms with E-state index in [1.54, 1.807) is 6.07 Å². The van der Waals surface area contributed by atoms with E-state index in [1.165, 1.54) is 11.1 Å². The highest BCUT2D eigenvalue weighted by molar-refractivity contribution is 5.27. The van der Waals surface area contributed by atoms with Crippen LogP contribution in [0.2, 0.25) is 0 Å². The van der Waals surface area contributed by atoms with Crippen LogP contribution in [0.4, 0.5) is 0 Å². The Morgan fingerprint density at radius 1 is 1.12 bits per heavy atom. The van der Waals surface area contributed by atoms with Gasteiger partial charge in [0, 0.05) is 26.2 Å². The summed E-state index contributed by atoms with van der Waals surface area (Å²) in [6.07, 6.45) is 1.59. The zero-order chi connectivity index (χ0) is 16.8. The lowest BCUT2D eigenvalue weighted by atomic mass is 10.0. The molecule has 0 aliphatic carbocycles. The highest BCUT2D eigenvalue weighted by atomic mass is 16.3. The van der Waals surface area contributed by atoms with Crippen LogP contribution in [-0.4, -0.2) is 29.2 Å². The monoisotopic (exact) mass is 325 g/mol. The van der Waals surface area contributed by atoms with Crippen molar-refractivity contribution in [3.8, 4) is 6.07 Å². The highest BCUT2D eigenvalue weighted by Gasteiger charge is 2.17. The predicted molar refractivity (Wildman–Crippen MR) is 90.9 cm³/mol. The first kappa shape index (κ1) is 16.7. The molecule has 1 aromatic heterocycles. The molecule has 2 aromatic rings. The molecule has 5 heteroatoms. The number of hydrogen-bond donors (Lipinski definition) is 2. The number of rotatable bonds is 6. The van der Waals surface area contributed by atoms with Gasteiger partial charge in [-0.3, -0.25) is 4.90 Å². The number of aliphatic hydroxyl groups is 1. The summed E-state index contributed by atoms with van der Waals surface area (Å²) in [5, 5.41) is 21.8. The van der Waals surface area contributed by atoms with Crippen molar-refractivity contribution in [1.82, 2.24) is 10.2 Å². The number of piperidine rings is 1. The molecule has 0 saturated carbocycles. The van der Waals surface area contributed by atoms with Gasteiger partial charge in [0.2, 0.25) is 5.76 Å². The van der Waals surface area contributed by atoms with Crippen LogP contribution < -0.4 is 5.32 Å². The Morgan fingerprint density at radius 2 is 1.88 bits per heavy atom. The molecule has 1 aliphatic rings. The molecule has 0 unspecified atom stereocenters. The van der Waals surface area contributed by atoms with Crippen LogP contribution in [0.25, 0.3) is 0 Å². The fourth-order valence-electron chi connectivity index (χ4n) is 3.06. The molecule has 0 radical (unpaired) electrons. The first-order valence-corrected chi connectivity index (χ1v) is 8.41. The minimum atomic E-state index is -0.134. The first-order valence-electron chi connectivity index (χ1n) is 8.41. The minimum absolute atomic E-state index is 0.134. The van der Waals surface area contributed by atoms with Gasteiger partial charge in [-0.15, -0.1) is 0 Å². The van der Waals surface area contributed by atoms with E-state index in [4.69, 9.17) is 9.68 Å². The predicted octanol–water partition coefficient (Wildman–Crippen LogP) is 2.40. The van der Waals surface area contributed by atoms with Crippen LogP contribution >= 0.6 is 0 Å². The maximum atomic E-state index is 9.63. The summed E-state index contributed by atoms with van der Waals surface area (Å²) in [5.41, 5.74) is 2.59. The molecule has 0 bridgehead atoms. The Kier molecular flexibility index (Phi) is 5.65. The summed E-state index contributed by atoms with van der Waals surface area (Å²) < 4.78 is 5.38. The Morgan fingerprint density at radius 3 is 2.58 bits per heavy atom. The van der Waals surface area contributed by atoms with Gasteiger partial charge in [-0.2, -0.15) is 5.26 Å². The number of benzene rings is 1. The molecule has 5 nitrogen and oxygen atoms in total. The van der Waals surface area contributed by atoms with E-state index in [0.717, 1.165) is 44.8 Å². The summed E-state index contributed by atoms with van der Waals surface area (Å²) >= 11 is 0. The van der Waals surface area contributed by atoms with Crippen molar-refractivity contribution in [3.05, 3.63) is 59.0 Å². The molecule has 0 spiro atoms. The van der Waals surface area contributed by atoms with Crippen LogP contribution in [0.15, 0.2) is 40.8 Å². The maximum absolute atomic E-state index is 9.63. The van der Waals surface area contributed by atoms with Crippen LogP contribution in [0.1, 0.15) is 35.5 Å². The van der Waals surface area contributed by atoms with Crippen molar-refractivity contribution in [3.63, 3.8) is 0 Å². The lowest BCUT2D eigenvalue weighted by molar-refractivity contribution is 0.0791. The first-order chi connectivity index (χ1) is 11.7. The van der Waals surface area contributed by atoms with E-state index < -0.39 is 0 Å². The summed E-state index contributed by atoms with van der Waals surface area (Å²) in [6.45, 7) is 4.18. The molecule has 2 N–H and O–H groups in total. The van der Waals surface area contributed by atoms with Crippen molar-refractivity contribution in [2.45, 2.75) is 38.6 Å². The van der Waals surface area contributed by atoms with Gasteiger partial charge in [0.15, 0.2) is 0 Å². The molecule has 1 aliphatic heterocycles. The SMILES string of the molecule is N#Cc1ccc(CNCc2ccccc2CN2CCC(O)CC2)o1. The van der Waals surface area contributed by atoms with Crippen LogP contribution in [0, 0.1) is 11.3 Å². The quantitative estimate of drug-likeness (QED) is 0.853. The van der Waals surface area contributed by atoms with Gasteiger partial charge in [-0.05, 0) is 36.1 Å². The molecule has 0 atom stereocenters. The van der Waals surface area contributed by atoms with E-state index in [2.05, 4.69) is 34.5 Å². The molecule has 0 amide bonds. The number of furan rings is 1. The van der Waals surface area contributed by atoms with Crippen LogP contribution in [-0.2, 0) is 19.6 Å². The van der Waals surface area contributed by atoms with E-state index >= 15 is 0 Å². The minimum Gasteiger partial charge on any atom is -0.449 e. The average molecular weight is 325 g/mol. The molecule has 1 fully saturated rings. The molecule has 1 aromatic carbocycles. The molecule has 3 rings (SSSR count). The van der Waals surface area contributed by atoms with Crippen molar-refractivity contribution in [2.24, 2.45) is 0 Å². The van der Waals surface area contributed by atoms with Gasteiger partial charge in [0.1, 0.15) is 11.8 Å². The molecule has 1 saturated heterocycles. The van der Waals surface area contributed by atoms with E-state index in [1.807, 2.05) is 12.1 Å². The second kappa shape index (κ2) is 8.11. The van der Waals surface area contributed by atoms with Crippen molar-refractivity contribution in [2.75, 3.05) is 13.1 Å². The molecular weight excluding hydrogens is 302 g/mol. The Bertz CT molecular complexity index is 697. The zero-order valence-electron chi connectivity index (χ0n) is 13.7. The van der Waals surface area contributed by atoms with Gasteiger partial charge < -0.3 is 14.8 Å². The number of hydrogen-bond acceptors (Lipinski definition) is 5. The normalized spacial score (nSPS) is 16.2. The largest absolute Gasteiger partial charge is 0.449 e. The fourth-order valence-corrected chi connectivity index (χ4v) is 3.06. The lowest BCUT2D eigenvalue weighted by Crippen LogP contribution is -2.35. The molecule has 24 heavy (non-hydrogen) atoms. The molecular formula is C19H23N3O2. The van der Waals surface area contributed by atoms with E-state index in [0.29, 0.717) is 12.3 Å². The van der Waals surface area contributed by atoms with Crippen molar-refractivity contribution in [1.29, 1.82) is 5.26 Å². The Labute approximate surface area is 142 Å². The summed E-state index contributed by atoms with van der Waals surface area (Å²) in [7, 11) is 0. The van der Waals surface area contributed by atoms with Crippen LogP contribution in [0.5, 0.6) is 0 Å². The second-order valence-electron chi connectivity index (χ2n) is 6.26. The van der Waals surface area contributed by atoms with Crippen LogP contribution in [0.3, 0.4) is 0 Å². The van der Waals surface area contributed by atoms with Crippen molar-refractivity contribution >= 4 is 0 Å². The third-order valence-corrected chi connectivity index (χ3v) is 4.46. The number of aliphatic hydroxyl groups excluding tert-OH is 1. The lowest BCUT2D eigenvalue weighted by Gasteiger charge is -2.30. The van der Waals surface area contributed by atoms with Gasteiger partial charge >= 0.3 is 0 Å². The van der Waals surface area contributed by atoms with E-state index in [9.17, 15) is 5.11 Å². The van der Waals surface area contributed by atoms with Gasteiger partial charge in [-0.1, -0.05) is 24.3 Å². The topological polar surface area (TPSA) is 72.4 Å². The fraction of sp³-hybridized carbons (Fsp3) is 0.421. The van der Waals surface area contributed by atoms with Gasteiger partial charge in [-0.25, -0.2) is 0 Å². The Balaban J connectivity index is 1.54. The number of nitrogens with zero attached hydrogens (tertiary/aromatic N) is 2. The highest BCUT2D eigenvalue weighted by Crippen LogP contribution is 2.17. The average Bonchev–Trinajstić information content (AvgIpc) is 3.06. The van der Waals surface area contributed by atoms with E-state index in [-0.39, 0.29) is 6.10 Å². The second-order valence-corrected chi connectivity index (χ2v) is 6.26. The molecule has 2 heterocycles. The number of likely N-dealkylation sites (tertiary alicyclic amines) is 1. The number of nitrogens with one attached hydrogen (secondary N) is 1. The summed E-state index contributed by atoms with van der Waals surface area (Å²) in [6, 6.07) is 14.0.